The van der Waals surface area contributed by atoms with E-state index in [1.165, 1.54) is 6.20 Å². The van der Waals surface area contributed by atoms with Crippen molar-refractivity contribution in [2.45, 2.75) is 38.8 Å². The topological polar surface area (TPSA) is 138 Å². The van der Waals surface area contributed by atoms with Crippen LogP contribution in [0.25, 0.3) is 0 Å². The van der Waals surface area contributed by atoms with Crippen molar-refractivity contribution in [2.75, 3.05) is 23.4 Å². The van der Waals surface area contributed by atoms with Gasteiger partial charge in [0, 0.05) is 25.0 Å². The lowest BCUT2D eigenvalue weighted by Crippen LogP contribution is -2.35. The van der Waals surface area contributed by atoms with Gasteiger partial charge in [-0.05, 0) is 13.0 Å². The highest BCUT2D eigenvalue weighted by atomic mass is 19.4. The quantitative estimate of drug-likeness (QED) is 0.523. The molecule has 0 spiro atoms. The molecule has 34 heavy (non-hydrogen) atoms. The Morgan fingerprint density at radius 1 is 1.29 bits per heavy atom. The first-order valence-electron chi connectivity index (χ1n) is 10.3. The van der Waals surface area contributed by atoms with E-state index in [1.807, 2.05) is 23.7 Å². The maximum absolute atomic E-state index is 12.7. The van der Waals surface area contributed by atoms with Gasteiger partial charge in [0.2, 0.25) is 5.95 Å². The van der Waals surface area contributed by atoms with Crippen LogP contribution in [0.2, 0.25) is 0 Å². The summed E-state index contributed by atoms with van der Waals surface area (Å²) >= 11 is 0. The van der Waals surface area contributed by atoms with Gasteiger partial charge in [0.1, 0.15) is 11.6 Å². The van der Waals surface area contributed by atoms with Gasteiger partial charge >= 0.3 is 6.18 Å². The SMILES string of the molecule is C[C@@H](COCc1cc2n(n1)CCN(c1ncc(C(F)(F)F)cn1)C2)Nc1cn[nH]c(=O)c1C#N. The van der Waals surface area contributed by atoms with Gasteiger partial charge in [-0.25, -0.2) is 15.1 Å². The van der Waals surface area contributed by atoms with E-state index in [-0.39, 0.29) is 30.8 Å². The van der Waals surface area contributed by atoms with Crippen LogP contribution in [0.5, 0.6) is 0 Å². The number of aromatic amines is 1. The van der Waals surface area contributed by atoms with Crippen LogP contribution >= 0.6 is 0 Å². The highest BCUT2D eigenvalue weighted by Crippen LogP contribution is 2.28. The summed E-state index contributed by atoms with van der Waals surface area (Å²) in [6.45, 7) is 3.80. The third-order valence-electron chi connectivity index (χ3n) is 5.08. The van der Waals surface area contributed by atoms with E-state index in [2.05, 4.69) is 30.6 Å². The smallest absolute Gasteiger partial charge is 0.378 e. The molecule has 0 unspecified atom stereocenters. The Morgan fingerprint density at radius 2 is 2.06 bits per heavy atom. The second-order valence-electron chi connectivity index (χ2n) is 7.70. The number of halogens is 3. The number of H-pyrrole nitrogens is 1. The zero-order chi connectivity index (χ0) is 24.3. The van der Waals surface area contributed by atoms with Gasteiger partial charge in [0.15, 0.2) is 0 Å². The van der Waals surface area contributed by atoms with Crippen molar-refractivity contribution in [3.05, 3.63) is 57.5 Å². The molecular formula is C20H20F3N9O2. The number of rotatable bonds is 7. The van der Waals surface area contributed by atoms with E-state index in [0.717, 1.165) is 18.1 Å². The normalized spacial score (nSPS) is 14.4. The summed E-state index contributed by atoms with van der Waals surface area (Å²) in [6, 6.07) is 3.50. The Balaban J connectivity index is 1.31. The summed E-state index contributed by atoms with van der Waals surface area (Å²) in [5.41, 5.74) is 0.386. The number of nitrogens with one attached hydrogen (secondary N) is 2. The first kappa shape index (κ1) is 23.2. The average molecular weight is 475 g/mol. The van der Waals surface area contributed by atoms with E-state index in [4.69, 9.17) is 10.00 Å². The highest BCUT2D eigenvalue weighted by molar-refractivity contribution is 5.54. The summed E-state index contributed by atoms with van der Waals surface area (Å²) < 4.78 is 45.7. The first-order chi connectivity index (χ1) is 16.2. The highest BCUT2D eigenvalue weighted by Gasteiger charge is 2.32. The fourth-order valence-corrected chi connectivity index (χ4v) is 3.46. The lowest BCUT2D eigenvalue weighted by Gasteiger charge is -2.27. The molecule has 1 aliphatic heterocycles. The lowest BCUT2D eigenvalue weighted by molar-refractivity contribution is -0.138. The Bertz CT molecular complexity index is 1250. The minimum atomic E-state index is -4.48. The molecule has 4 rings (SSSR count). The van der Waals surface area contributed by atoms with Gasteiger partial charge in [-0.1, -0.05) is 0 Å². The minimum Gasteiger partial charge on any atom is -0.378 e. The number of hydrogen-bond acceptors (Lipinski definition) is 9. The molecule has 3 aromatic rings. The van der Waals surface area contributed by atoms with Crippen molar-refractivity contribution in [2.24, 2.45) is 0 Å². The predicted octanol–water partition coefficient (Wildman–Crippen LogP) is 1.68. The van der Waals surface area contributed by atoms with Crippen LogP contribution in [0, 0.1) is 11.3 Å². The van der Waals surface area contributed by atoms with Crippen LogP contribution in [0.3, 0.4) is 0 Å². The number of anilines is 2. The third kappa shape index (κ3) is 5.15. The van der Waals surface area contributed by atoms with E-state index < -0.39 is 17.3 Å². The molecule has 0 aromatic carbocycles. The van der Waals surface area contributed by atoms with E-state index in [1.54, 1.807) is 4.90 Å². The van der Waals surface area contributed by atoms with Crippen LogP contribution in [0.4, 0.5) is 24.8 Å². The van der Waals surface area contributed by atoms with Crippen molar-refractivity contribution in [1.29, 1.82) is 5.26 Å². The number of alkyl halides is 3. The largest absolute Gasteiger partial charge is 0.419 e. The standard InChI is InChI=1S/C20H20F3N9O2/c1-12(28-17-8-27-29-18(33)16(17)5-24)10-34-11-14-4-15-9-31(2-3-32(15)30-14)19-25-6-13(7-26-19)20(21,22)23/h4,6-8,12H,2-3,9-11H2,1H3,(H2,28,29,33)/t12-/m0/s1. The zero-order valence-electron chi connectivity index (χ0n) is 18.0. The Kier molecular flexibility index (Phi) is 6.46. The van der Waals surface area contributed by atoms with Crippen LogP contribution in [-0.4, -0.2) is 49.1 Å². The fourth-order valence-electron chi connectivity index (χ4n) is 3.46. The molecular weight excluding hydrogens is 455 g/mol. The third-order valence-corrected chi connectivity index (χ3v) is 5.08. The molecule has 14 heteroatoms. The van der Waals surface area contributed by atoms with Gasteiger partial charge in [-0.2, -0.15) is 28.6 Å². The molecule has 1 atom stereocenters. The molecule has 0 bridgehead atoms. The minimum absolute atomic E-state index is 0.0507. The number of fused-ring (bicyclic) bond motifs is 1. The van der Waals surface area contributed by atoms with Gasteiger partial charge in [0.25, 0.3) is 5.56 Å². The Morgan fingerprint density at radius 3 is 2.76 bits per heavy atom. The molecule has 0 amide bonds. The molecule has 0 saturated heterocycles. The first-order valence-corrected chi connectivity index (χ1v) is 10.3. The lowest BCUT2D eigenvalue weighted by atomic mass is 10.2. The molecule has 178 valence electrons. The van der Waals surface area contributed by atoms with Crippen molar-refractivity contribution in [3.8, 4) is 6.07 Å². The molecule has 0 radical (unpaired) electrons. The van der Waals surface area contributed by atoms with E-state index in [0.29, 0.717) is 31.0 Å². The van der Waals surface area contributed by atoms with Crippen molar-refractivity contribution in [3.63, 3.8) is 0 Å². The summed E-state index contributed by atoms with van der Waals surface area (Å²) in [4.78, 5) is 21.1. The molecule has 0 saturated carbocycles. The number of nitriles is 1. The van der Waals surface area contributed by atoms with Crippen molar-refractivity contribution in [1.82, 2.24) is 29.9 Å². The number of nitrogens with zero attached hydrogens (tertiary/aromatic N) is 7. The molecule has 1 aliphatic rings. The van der Waals surface area contributed by atoms with E-state index in [9.17, 15) is 18.0 Å². The summed E-state index contributed by atoms with van der Waals surface area (Å²) in [5, 5.41) is 22.5. The van der Waals surface area contributed by atoms with Crippen molar-refractivity contribution < 1.29 is 17.9 Å². The fraction of sp³-hybridized carbons (Fsp3) is 0.400. The summed E-state index contributed by atoms with van der Waals surface area (Å²) in [5.74, 6) is 0.226. The molecule has 4 heterocycles. The Hall–Kier alpha value is -3.99. The second kappa shape index (κ2) is 9.48. The zero-order valence-corrected chi connectivity index (χ0v) is 18.0. The van der Waals surface area contributed by atoms with Gasteiger partial charge < -0.3 is 15.0 Å². The van der Waals surface area contributed by atoms with Crippen LogP contribution in [0.1, 0.15) is 29.4 Å². The van der Waals surface area contributed by atoms with Gasteiger partial charge in [0.05, 0.1) is 55.1 Å². The molecule has 2 N–H and O–H groups in total. The summed E-state index contributed by atoms with van der Waals surface area (Å²) in [7, 11) is 0. The number of hydrogen-bond donors (Lipinski definition) is 2. The molecule has 3 aromatic heterocycles. The van der Waals surface area contributed by atoms with Crippen LogP contribution < -0.4 is 15.8 Å². The number of ether oxygens (including phenoxy) is 1. The monoisotopic (exact) mass is 475 g/mol. The predicted molar refractivity (Wildman–Crippen MR) is 113 cm³/mol. The van der Waals surface area contributed by atoms with Crippen LogP contribution in [0.15, 0.2) is 29.5 Å². The van der Waals surface area contributed by atoms with E-state index >= 15 is 0 Å². The van der Waals surface area contributed by atoms with Crippen LogP contribution in [-0.2, 0) is 30.6 Å². The second-order valence-corrected chi connectivity index (χ2v) is 7.70. The Labute approximate surface area is 191 Å². The molecule has 0 aliphatic carbocycles. The van der Waals surface area contributed by atoms with Gasteiger partial charge in [-0.15, -0.1) is 0 Å². The maximum atomic E-state index is 12.7. The number of aromatic nitrogens is 6. The molecule has 0 fully saturated rings. The van der Waals surface area contributed by atoms with Crippen molar-refractivity contribution >= 4 is 11.6 Å². The molecule has 11 nitrogen and oxygen atoms in total. The van der Waals surface area contributed by atoms with Gasteiger partial charge in [-0.3, -0.25) is 9.48 Å². The maximum Gasteiger partial charge on any atom is 0.419 e. The average Bonchev–Trinajstić information content (AvgIpc) is 3.21. The summed E-state index contributed by atoms with van der Waals surface area (Å²) in [6.07, 6.45) is -1.55.